The Balaban J connectivity index is 1.68. The highest BCUT2D eigenvalue weighted by Crippen LogP contribution is 2.23. The van der Waals surface area contributed by atoms with Crippen LogP contribution in [-0.2, 0) is 19.5 Å². The first-order chi connectivity index (χ1) is 9.65. The van der Waals surface area contributed by atoms with E-state index >= 15 is 0 Å². The third-order valence-corrected chi connectivity index (χ3v) is 4.23. The first-order valence-corrected chi connectivity index (χ1v) is 7.50. The summed E-state index contributed by atoms with van der Waals surface area (Å²) in [5.74, 6) is 2.10. The van der Waals surface area contributed by atoms with Crippen molar-refractivity contribution < 1.29 is 0 Å². The van der Waals surface area contributed by atoms with Crippen LogP contribution in [-0.4, -0.2) is 14.8 Å². The quantitative estimate of drug-likeness (QED) is 0.941. The molecular formula is C14H16Cl2N4. The summed E-state index contributed by atoms with van der Waals surface area (Å²) in [5.41, 5.74) is 1.03. The average Bonchev–Trinajstić information content (AvgIpc) is 2.99. The summed E-state index contributed by atoms with van der Waals surface area (Å²) in [5, 5.41) is 13.3. The van der Waals surface area contributed by atoms with Gasteiger partial charge in [0, 0.05) is 29.6 Å². The van der Waals surface area contributed by atoms with E-state index in [2.05, 4.69) is 27.0 Å². The van der Waals surface area contributed by atoms with Gasteiger partial charge >= 0.3 is 0 Å². The Labute approximate surface area is 128 Å². The normalized spacial score (nSPS) is 15.3. The summed E-state index contributed by atoms with van der Waals surface area (Å²) in [4.78, 5) is 0. The summed E-state index contributed by atoms with van der Waals surface area (Å²) >= 11 is 12.1. The minimum Gasteiger partial charge on any atom is -0.314 e. The topological polar surface area (TPSA) is 42.7 Å². The molecule has 3 rings (SSSR count). The minimum atomic E-state index is 0.140. The Bertz CT molecular complexity index is 624. The summed E-state index contributed by atoms with van der Waals surface area (Å²) in [6.45, 7) is 3.80. The Morgan fingerprint density at radius 2 is 2.20 bits per heavy atom. The van der Waals surface area contributed by atoms with Gasteiger partial charge in [0.15, 0.2) is 0 Å². The average molecular weight is 311 g/mol. The van der Waals surface area contributed by atoms with Crippen molar-refractivity contribution in [2.45, 2.75) is 38.9 Å². The van der Waals surface area contributed by atoms with E-state index in [1.54, 1.807) is 6.07 Å². The van der Waals surface area contributed by atoms with Gasteiger partial charge in [0.1, 0.15) is 11.6 Å². The number of rotatable bonds is 4. The zero-order chi connectivity index (χ0) is 14.1. The molecule has 0 bridgehead atoms. The van der Waals surface area contributed by atoms with Gasteiger partial charge < -0.3 is 9.88 Å². The highest BCUT2D eigenvalue weighted by molar-refractivity contribution is 6.35. The first-order valence-electron chi connectivity index (χ1n) is 6.74. The molecule has 0 saturated carbocycles. The Hall–Kier alpha value is -1.10. The molecule has 106 valence electrons. The van der Waals surface area contributed by atoms with Crippen LogP contribution in [0.2, 0.25) is 10.0 Å². The van der Waals surface area contributed by atoms with Crippen molar-refractivity contribution in [3.8, 4) is 0 Å². The molecule has 1 unspecified atom stereocenters. The van der Waals surface area contributed by atoms with Gasteiger partial charge in [-0.05, 0) is 31.0 Å². The summed E-state index contributed by atoms with van der Waals surface area (Å²) < 4.78 is 2.21. The third kappa shape index (κ3) is 2.68. The second kappa shape index (κ2) is 5.72. The maximum Gasteiger partial charge on any atom is 0.149 e. The molecule has 1 N–H and O–H groups in total. The van der Waals surface area contributed by atoms with Crippen LogP contribution in [0.5, 0.6) is 0 Å². The standard InChI is InChI=1S/C14H16Cl2N4/c1-9(14-19-18-13-3-2-6-20(13)14)17-8-10-4-5-11(15)7-12(10)16/h4-5,7,9,17H,2-3,6,8H2,1H3. The molecule has 1 aromatic carbocycles. The van der Waals surface area contributed by atoms with Crippen LogP contribution in [0.25, 0.3) is 0 Å². The van der Waals surface area contributed by atoms with Crippen molar-refractivity contribution in [1.29, 1.82) is 0 Å². The van der Waals surface area contributed by atoms with Crippen LogP contribution in [0.1, 0.15) is 36.6 Å². The maximum absolute atomic E-state index is 6.17. The van der Waals surface area contributed by atoms with Crippen LogP contribution >= 0.6 is 23.2 Å². The predicted octanol–water partition coefficient (Wildman–Crippen LogP) is 3.38. The van der Waals surface area contributed by atoms with Gasteiger partial charge in [-0.25, -0.2) is 0 Å². The van der Waals surface area contributed by atoms with Gasteiger partial charge in [-0.2, -0.15) is 0 Å². The molecule has 1 aliphatic heterocycles. The molecule has 2 heterocycles. The molecule has 20 heavy (non-hydrogen) atoms. The van der Waals surface area contributed by atoms with Crippen molar-refractivity contribution in [3.05, 3.63) is 45.5 Å². The second-order valence-corrected chi connectivity index (χ2v) is 5.91. The van der Waals surface area contributed by atoms with Crippen molar-refractivity contribution in [2.24, 2.45) is 0 Å². The van der Waals surface area contributed by atoms with E-state index in [1.165, 1.54) is 0 Å². The van der Waals surface area contributed by atoms with E-state index in [0.717, 1.165) is 36.6 Å². The van der Waals surface area contributed by atoms with E-state index in [-0.39, 0.29) is 6.04 Å². The van der Waals surface area contributed by atoms with Crippen LogP contribution in [0.15, 0.2) is 18.2 Å². The van der Waals surface area contributed by atoms with E-state index in [0.29, 0.717) is 16.6 Å². The molecule has 0 fully saturated rings. The van der Waals surface area contributed by atoms with Crippen molar-refractivity contribution in [3.63, 3.8) is 0 Å². The number of aromatic nitrogens is 3. The highest BCUT2D eigenvalue weighted by atomic mass is 35.5. The first kappa shape index (κ1) is 13.9. The number of nitrogens with one attached hydrogen (secondary N) is 1. The van der Waals surface area contributed by atoms with E-state index in [1.807, 2.05) is 12.1 Å². The fourth-order valence-electron chi connectivity index (χ4n) is 2.51. The zero-order valence-corrected chi connectivity index (χ0v) is 12.7. The Kier molecular flexibility index (Phi) is 3.96. The number of halogens is 2. The second-order valence-electron chi connectivity index (χ2n) is 5.07. The van der Waals surface area contributed by atoms with Crippen molar-refractivity contribution in [2.75, 3.05) is 0 Å². The number of nitrogens with zero attached hydrogens (tertiary/aromatic N) is 3. The van der Waals surface area contributed by atoms with Gasteiger partial charge in [0.2, 0.25) is 0 Å². The molecule has 2 aromatic rings. The third-order valence-electron chi connectivity index (χ3n) is 3.64. The molecule has 1 aromatic heterocycles. The van der Waals surface area contributed by atoms with Crippen LogP contribution < -0.4 is 5.32 Å². The predicted molar refractivity (Wildman–Crippen MR) is 80.1 cm³/mol. The lowest BCUT2D eigenvalue weighted by Gasteiger charge is -2.14. The molecular weight excluding hydrogens is 295 g/mol. The van der Waals surface area contributed by atoms with Crippen LogP contribution in [0, 0.1) is 0 Å². The Morgan fingerprint density at radius 3 is 3.00 bits per heavy atom. The highest BCUT2D eigenvalue weighted by Gasteiger charge is 2.21. The molecule has 0 saturated heterocycles. The van der Waals surface area contributed by atoms with Gasteiger partial charge in [-0.3, -0.25) is 0 Å². The molecule has 4 nitrogen and oxygen atoms in total. The lowest BCUT2D eigenvalue weighted by molar-refractivity contribution is 0.516. The van der Waals surface area contributed by atoms with Gasteiger partial charge in [-0.1, -0.05) is 29.3 Å². The van der Waals surface area contributed by atoms with Crippen molar-refractivity contribution in [1.82, 2.24) is 20.1 Å². The number of hydrogen-bond acceptors (Lipinski definition) is 3. The SMILES string of the molecule is CC(NCc1ccc(Cl)cc1Cl)c1nnc2n1CCC2. The van der Waals surface area contributed by atoms with Gasteiger partial charge in [-0.15, -0.1) is 10.2 Å². The smallest absolute Gasteiger partial charge is 0.149 e. The molecule has 0 aliphatic carbocycles. The Morgan fingerprint density at radius 1 is 1.35 bits per heavy atom. The molecule has 1 atom stereocenters. The fraction of sp³-hybridized carbons (Fsp3) is 0.429. The monoisotopic (exact) mass is 310 g/mol. The molecule has 0 amide bonds. The molecule has 1 aliphatic rings. The van der Waals surface area contributed by atoms with Crippen LogP contribution in [0.3, 0.4) is 0 Å². The van der Waals surface area contributed by atoms with Crippen molar-refractivity contribution >= 4 is 23.2 Å². The van der Waals surface area contributed by atoms with Gasteiger partial charge in [0.25, 0.3) is 0 Å². The lowest BCUT2D eigenvalue weighted by Crippen LogP contribution is -2.21. The summed E-state index contributed by atoms with van der Waals surface area (Å²) in [7, 11) is 0. The largest absolute Gasteiger partial charge is 0.314 e. The number of aryl methyl sites for hydroxylation is 1. The number of benzene rings is 1. The fourth-order valence-corrected chi connectivity index (χ4v) is 2.99. The zero-order valence-electron chi connectivity index (χ0n) is 11.2. The number of hydrogen-bond donors (Lipinski definition) is 1. The number of fused-ring (bicyclic) bond motifs is 1. The van der Waals surface area contributed by atoms with E-state index in [9.17, 15) is 0 Å². The lowest BCUT2D eigenvalue weighted by atomic mass is 10.2. The maximum atomic E-state index is 6.17. The minimum absolute atomic E-state index is 0.140. The summed E-state index contributed by atoms with van der Waals surface area (Å²) in [6.07, 6.45) is 2.19. The molecule has 6 heteroatoms. The van der Waals surface area contributed by atoms with Gasteiger partial charge in [0.05, 0.1) is 6.04 Å². The van der Waals surface area contributed by atoms with Crippen LogP contribution in [0.4, 0.5) is 0 Å². The molecule has 0 spiro atoms. The molecule has 0 radical (unpaired) electrons. The summed E-state index contributed by atoms with van der Waals surface area (Å²) in [6, 6.07) is 5.70. The van der Waals surface area contributed by atoms with E-state index < -0.39 is 0 Å². The van der Waals surface area contributed by atoms with E-state index in [4.69, 9.17) is 23.2 Å².